The van der Waals surface area contributed by atoms with Crippen LogP contribution in [0, 0.1) is 17.7 Å². The van der Waals surface area contributed by atoms with E-state index in [1.807, 2.05) is 0 Å². The standard InChI is InChI=1S/C15H21FN2O/c1-9-4-3-5-14(10(9)2)18-15(19)12-8-11(17)6-7-13(12)16/h6-10,14H,3-5,17H2,1-2H3,(H,18,19). The Bertz CT molecular complexity index is 475. The lowest BCUT2D eigenvalue weighted by Crippen LogP contribution is -2.43. The summed E-state index contributed by atoms with van der Waals surface area (Å²) < 4.78 is 13.6. The fraction of sp³-hybridized carbons (Fsp3) is 0.533. The number of nitrogens with one attached hydrogen (secondary N) is 1. The van der Waals surface area contributed by atoms with Gasteiger partial charge < -0.3 is 11.1 Å². The number of hydrogen-bond donors (Lipinski definition) is 2. The molecule has 1 aliphatic carbocycles. The van der Waals surface area contributed by atoms with Crippen molar-refractivity contribution in [1.29, 1.82) is 0 Å². The molecule has 1 fully saturated rings. The predicted octanol–water partition coefficient (Wildman–Crippen LogP) is 2.96. The number of hydrogen-bond acceptors (Lipinski definition) is 2. The molecule has 0 aromatic heterocycles. The maximum Gasteiger partial charge on any atom is 0.254 e. The zero-order chi connectivity index (χ0) is 14.0. The molecule has 3 unspecified atom stereocenters. The Hall–Kier alpha value is -1.58. The summed E-state index contributed by atoms with van der Waals surface area (Å²) in [4.78, 5) is 12.1. The average Bonchev–Trinajstić information content (AvgIpc) is 2.38. The van der Waals surface area contributed by atoms with E-state index in [-0.39, 0.29) is 17.5 Å². The molecule has 1 amide bonds. The molecule has 1 aromatic rings. The number of nitrogens with two attached hydrogens (primary N) is 1. The number of carbonyl (C=O) groups is 1. The summed E-state index contributed by atoms with van der Waals surface area (Å²) in [6, 6.07) is 4.20. The number of rotatable bonds is 2. The third kappa shape index (κ3) is 3.06. The van der Waals surface area contributed by atoms with Crippen LogP contribution in [0.25, 0.3) is 0 Å². The van der Waals surface area contributed by atoms with Crippen LogP contribution in [0.3, 0.4) is 0 Å². The Morgan fingerprint density at radius 3 is 2.84 bits per heavy atom. The van der Waals surface area contributed by atoms with Crippen molar-refractivity contribution in [3.8, 4) is 0 Å². The minimum Gasteiger partial charge on any atom is -0.399 e. The Labute approximate surface area is 113 Å². The fourth-order valence-electron chi connectivity index (χ4n) is 2.75. The van der Waals surface area contributed by atoms with Gasteiger partial charge in [-0.3, -0.25) is 4.79 Å². The number of amides is 1. The molecule has 0 spiro atoms. The molecule has 0 heterocycles. The van der Waals surface area contributed by atoms with Gasteiger partial charge in [-0.25, -0.2) is 4.39 Å². The molecule has 104 valence electrons. The van der Waals surface area contributed by atoms with Gasteiger partial charge in [0, 0.05) is 11.7 Å². The monoisotopic (exact) mass is 264 g/mol. The number of nitrogen functional groups attached to an aromatic ring is 1. The zero-order valence-corrected chi connectivity index (χ0v) is 11.4. The summed E-state index contributed by atoms with van der Waals surface area (Å²) in [5, 5.41) is 2.95. The summed E-state index contributed by atoms with van der Waals surface area (Å²) in [6.07, 6.45) is 3.26. The first-order valence-electron chi connectivity index (χ1n) is 6.85. The Morgan fingerprint density at radius 2 is 2.11 bits per heavy atom. The van der Waals surface area contributed by atoms with Crippen molar-refractivity contribution in [1.82, 2.24) is 5.32 Å². The van der Waals surface area contributed by atoms with E-state index in [1.54, 1.807) is 0 Å². The molecule has 3 N–H and O–H groups in total. The summed E-state index contributed by atoms with van der Waals surface area (Å²) >= 11 is 0. The topological polar surface area (TPSA) is 55.1 Å². The van der Waals surface area contributed by atoms with Gasteiger partial charge in [-0.1, -0.05) is 26.7 Å². The van der Waals surface area contributed by atoms with E-state index in [9.17, 15) is 9.18 Å². The second-order valence-electron chi connectivity index (χ2n) is 5.59. The number of benzene rings is 1. The van der Waals surface area contributed by atoms with E-state index in [2.05, 4.69) is 19.2 Å². The third-order valence-electron chi connectivity index (χ3n) is 4.26. The van der Waals surface area contributed by atoms with Gasteiger partial charge in [0.2, 0.25) is 0 Å². The molecule has 3 nitrogen and oxygen atoms in total. The molecule has 2 rings (SSSR count). The van der Waals surface area contributed by atoms with Crippen molar-refractivity contribution in [3.05, 3.63) is 29.6 Å². The first-order chi connectivity index (χ1) is 8.99. The molecule has 0 aliphatic heterocycles. The van der Waals surface area contributed by atoms with Gasteiger partial charge in [0.05, 0.1) is 5.56 Å². The lowest BCUT2D eigenvalue weighted by atomic mass is 9.78. The minimum absolute atomic E-state index is 0.0328. The lowest BCUT2D eigenvalue weighted by Gasteiger charge is -2.34. The second-order valence-corrected chi connectivity index (χ2v) is 5.59. The number of anilines is 1. The molecular weight excluding hydrogens is 243 g/mol. The largest absolute Gasteiger partial charge is 0.399 e. The fourth-order valence-corrected chi connectivity index (χ4v) is 2.75. The summed E-state index contributed by atoms with van der Waals surface area (Å²) in [7, 11) is 0. The van der Waals surface area contributed by atoms with Gasteiger partial charge in [-0.05, 0) is 36.5 Å². The molecule has 4 heteroatoms. The average molecular weight is 264 g/mol. The highest BCUT2D eigenvalue weighted by Gasteiger charge is 2.28. The Balaban J connectivity index is 2.10. The normalized spacial score (nSPS) is 27.0. The summed E-state index contributed by atoms with van der Waals surface area (Å²) in [5.41, 5.74) is 6.03. The van der Waals surface area contributed by atoms with Crippen LogP contribution in [0.15, 0.2) is 18.2 Å². The SMILES string of the molecule is CC1CCCC(NC(=O)c2cc(N)ccc2F)C1C. The number of halogens is 1. The van der Waals surface area contributed by atoms with E-state index in [4.69, 9.17) is 5.73 Å². The molecule has 1 aliphatic rings. The van der Waals surface area contributed by atoms with Crippen LogP contribution in [-0.2, 0) is 0 Å². The molecular formula is C15H21FN2O. The van der Waals surface area contributed by atoms with Crippen LogP contribution < -0.4 is 11.1 Å². The molecule has 1 aromatic carbocycles. The molecule has 0 radical (unpaired) electrons. The van der Waals surface area contributed by atoms with Crippen molar-refractivity contribution in [2.45, 2.75) is 39.2 Å². The van der Waals surface area contributed by atoms with Gasteiger partial charge in [0.15, 0.2) is 0 Å². The second kappa shape index (κ2) is 5.59. The molecule has 0 bridgehead atoms. The van der Waals surface area contributed by atoms with Crippen LogP contribution >= 0.6 is 0 Å². The first-order valence-corrected chi connectivity index (χ1v) is 6.85. The van der Waals surface area contributed by atoms with Gasteiger partial charge >= 0.3 is 0 Å². The van der Waals surface area contributed by atoms with Gasteiger partial charge in [-0.2, -0.15) is 0 Å². The summed E-state index contributed by atoms with van der Waals surface area (Å²) in [5.74, 6) is 0.116. The highest BCUT2D eigenvalue weighted by molar-refractivity contribution is 5.95. The van der Waals surface area contributed by atoms with Crippen LogP contribution in [0.1, 0.15) is 43.5 Å². The molecule has 3 atom stereocenters. The summed E-state index contributed by atoms with van der Waals surface area (Å²) in [6.45, 7) is 4.34. The van der Waals surface area contributed by atoms with Gasteiger partial charge in [-0.15, -0.1) is 0 Å². The van der Waals surface area contributed by atoms with Crippen molar-refractivity contribution < 1.29 is 9.18 Å². The van der Waals surface area contributed by atoms with E-state index in [0.717, 1.165) is 12.8 Å². The number of carbonyl (C=O) groups excluding carboxylic acids is 1. The Kier molecular flexibility index (Phi) is 4.08. The van der Waals surface area contributed by atoms with Crippen LogP contribution in [0.2, 0.25) is 0 Å². The third-order valence-corrected chi connectivity index (χ3v) is 4.26. The molecule has 0 saturated heterocycles. The predicted molar refractivity (Wildman–Crippen MR) is 74.2 cm³/mol. The van der Waals surface area contributed by atoms with Crippen LogP contribution in [-0.4, -0.2) is 11.9 Å². The van der Waals surface area contributed by atoms with E-state index >= 15 is 0 Å². The lowest BCUT2D eigenvalue weighted by molar-refractivity contribution is 0.0887. The highest BCUT2D eigenvalue weighted by atomic mass is 19.1. The smallest absolute Gasteiger partial charge is 0.254 e. The Morgan fingerprint density at radius 1 is 1.37 bits per heavy atom. The van der Waals surface area contributed by atoms with Crippen molar-refractivity contribution in [3.63, 3.8) is 0 Å². The zero-order valence-electron chi connectivity index (χ0n) is 11.4. The van der Waals surface area contributed by atoms with Crippen molar-refractivity contribution in [2.24, 2.45) is 11.8 Å². The minimum atomic E-state index is -0.525. The van der Waals surface area contributed by atoms with Crippen LogP contribution in [0.5, 0.6) is 0 Å². The van der Waals surface area contributed by atoms with Crippen LogP contribution in [0.4, 0.5) is 10.1 Å². The maximum atomic E-state index is 13.6. The highest BCUT2D eigenvalue weighted by Crippen LogP contribution is 2.29. The van der Waals surface area contributed by atoms with E-state index in [0.29, 0.717) is 17.5 Å². The first kappa shape index (κ1) is 13.8. The van der Waals surface area contributed by atoms with Gasteiger partial charge in [0.25, 0.3) is 5.91 Å². The van der Waals surface area contributed by atoms with Crippen molar-refractivity contribution in [2.75, 3.05) is 5.73 Å². The maximum absolute atomic E-state index is 13.6. The van der Waals surface area contributed by atoms with E-state index in [1.165, 1.54) is 24.6 Å². The molecule has 19 heavy (non-hydrogen) atoms. The van der Waals surface area contributed by atoms with E-state index < -0.39 is 5.82 Å². The molecule has 1 saturated carbocycles. The van der Waals surface area contributed by atoms with Crippen molar-refractivity contribution >= 4 is 11.6 Å². The van der Waals surface area contributed by atoms with Gasteiger partial charge in [0.1, 0.15) is 5.82 Å². The quantitative estimate of drug-likeness (QED) is 0.807.